The van der Waals surface area contributed by atoms with Crippen molar-refractivity contribution >= 4 is 16.0 Å². The van der Waals surface area contributed by atoms with Gasteiger partial charge >= 0.3 is 15.5 Å². The summed E-state index contributed by atoms with van der Waals surface area (Å²) in [6.45, 7) is 1.20. The fourth-order valence-electron chi connectivity index (χ4n) is 2.82. The van der Waals surface area contributed by atoms with Crippen LogP contribution >= 0.6 is 0 Å². The van der Waals surface area contributed by atoms with E-state index >= 15 is 0 Å². The second-order valence-electron chi connectivity index (χ2n) is 6.33. The van der Waals surface area contributed by atoms with Crippen LogP contribution in [-0.2, 0) is 10.0 Å². The van der Waals surface area contributed by atoms with E-state index in [0.29, 0.717) is 42.8 Å². The summed E-state index contributed by atoms with van der Waals surface area (Å²) in [7, 11) is -3.62. The Hall–Kier alpha value is -2.01. The Morgan fingerprint density at radius 3 is 2.43 bits per heavy atom. The molecule has 0 amide bonds. The molecule has 1 aliphatic heterocycles. The van der Waals surface area contributed by atoms with Crippen molar-refractivity contribution in [1.29, 1.82) is 0 Å². The molecule has 0 spiro atoms. The molecule has 11 heteroatoms. The van der Waals surface area contributed by atoms with E-state index in [1.54, 1.807) is 7.05 Å². The van der Waals surface area contributed by atoms with Crippen molar-refractivity contribution in [2.45, 2.75) is 18.3 Å². The third kappa shape index (κ3) is 6.26. The van der Waals surface area contributed by atoms with Gasteiger partial charge in [-0.3, -0.25) is 4.99 Å². The van der Waals surface area contributed by atoms with Crippen LogP contribution in [0.25, 0.3) is 0 Å². The van der Waals surface area contributed by atoms with Crippen LogP contribution in [0.15, 0.2) is 35.3 Å². The van der Waals surface area contributed by atoms with Crippen LogP contribution in [0, 0.1) is 5.92 Å². The molecule has 28 heavy (non-hydrogen) atoms. The Bertz CT molecular complexity index is 734. The van der Waals surface area contributed by atoms with Crippen molar-refractivity contribution in [1.82, 2.24) is 14.9 Å². The summed E-state index contributed by atoms with van der Waals surface area (Å²) in [5, 5.41) is 6.21. The monoisotopic (exact) mass is 422 g/mol. The number of hydrogen-bond donors (Lipinski definition) is 2. The summed E-state index contributed by atoms with van der Waals surface area (Å²) < 4.78 is 66.7. The number of benzene rings is 1. The zero-order valence-corrected chi connectivity index (χ0v) is 16.4. The molecule has 7 nitrogen and oxygen atoms in total. The highest BCUT2D eigenvalue weighted by Gasteiger charge is 2.50. The van der Waals surface area contributed by atoms with Gasteiger partial charge in [-0.05, 0) is 30.9 Å². The summed E-state index contributed by atoms with van der Waals surface area (Å²) in [5.74, 6) is 1.40. The molecule has 1 aromatic carbocycles. The molecular weight excluding hydrogens is 397 g/mol. The number of halogens is 3. The number of hydrogen-bond acceptors (Lipinski definition) is 4. The number of para-hydroxylation sites is 1. The second-order valence-corrected chi connectivity index (χ2v) is 8.26. The van der Waals surface area contributed by atoms with Crippen molar-refractivity contribution in [3.63, 3.8) is 0 Å². The molecule has 1 aromatic rings. The predicted molar refractivity (Wildman–Crippen MR) is 101 cm³/mol. The maximum atomic E-state index is 12.6. The molecule has 158 valence electrons. The second kappa shape index (κ2) is 9.97. The van der Waals surface area contributed by atoms with Gasteiger partial charge in [-0.2, -0.15) is 17.5 Å². The normalized spacial score (nSPS) is 17.4. The quantitative estimate of drug-likeness (QED) is 0.398. The van der Waals surface area contributed by atoms with Crippen molar-refractivity contribution in [2.24, 2.45) is 10.9 Å². The first-order chi connectivity index (χ1) is 13.2. The Morgan fingerprint density at radius 2 is 1.86 bits per heavy atom. The minimum Gasteiger partial charge on any atom is -0.492 e. The molecule has 1 fully saturated rings. The molecule has 0 unspecified atom stereocenters. The lowest BCUT2D eigenvalue weighted by atomic mass is 9.98. The maximum absolute atomic E-state index is 12.6. The summed E-state index contributed by atoms with van der Waals surface area (Å²) in [5.41, 5.74) is -5.24. The first kappa shape index (κ1) is 22.3. The highest BCUT2D eigenvalue weighted by Crippen LogP contribution is 2.30. The number of piperidine rings is 1. The topological polar surface area (TPSA) is 83.0 Å². The number of alkyl halides is 3. The van der Waals surface area contributed by atoms with Crippen molar-refractivity contribution in [3.8, 4) is 5.75 Å². The Morgan fingerprint density at radius 1 is 1.21 bits per heavy atom. The van der Waals surface area contributed by atoms with E-state index in [1.807, 2.05) is 30.3 Å². The lowest BCUT2D eigenvalue weighted by Gasteiger charge is -2.31. The zero-order valence-electron chi connectivity index (χ0n) is 15.6. The van der Waals surface area contributed by atoms with Crippen LogP contribution in [0.4, 0.5) is 13.2 Å². The van der Waals surface area contributed by atoms with Gasteiger partial charge in [0.25, 0.3) is 0 Å². The highest BCUT2D eigenvalue weighted by atomic mass is 32.2. The van der Waals surface area contributed by atoms with Crippen molar-refractivity contribution in [2.75, 3.05) is 39.8 Å². The number of sulfonamides is 1. The van der Waals surface area contributed by atoms with Crippen LogP contribution in [0.5, 0.6) is 5.75 Å². The molecule has 1 aliphatic rings. The van der Waals surface area contributed by atoms with E-state index in [0.717, 1.165) is 5.75 Å². The number of guanidine groups is 1. The van der Waals surface area contributed by atoms with Gasteiger partial charge in [-0.1, -0.05) is 18.2 Å². The average molecular weight is 422 g/mol. The van der Waals surface area contributed by atoms with Gasteiger partial charge in [0.2, 0.25) is 0 Å². The molecular formula is C17H25F3N4O3S. The Balaban J connectivity index is 1.67. The standard InChI is InChI=1S/C17H25F3N4O3S/c1-21-16(22-9-12-27-15-5-3-2-4-6-15)23-13-14-7-10-24(11-8-14)28(25,26)17(18,19)20/h2-6,14H,7-13H2,1H3,(H2,21,22,23). The first-order valence-electron chi connectivity index (χ1n) is 8.93. The van der Waals surface area contributed by atoms with Gasteiger partial charge < -0.3 is 15.4 Å². The number of nitrogens with zero attached hydrogens (tertiary/aromatic N) is 2. The summed E-state index contributed by atoms with van der Waals surface area (Å²) >= 11 is 0. The summed E-state index contributed by atoms with van der Waals surface area (Å²) in [4.78, 5) is 4.09. The van der Waals surface area contributed by atoms with E-state index in [9.17, 15) is 21.6 Å². The molecule has 0 saturated carbocycles. The van der Waals surface area contributed by atoms with E-state index < -0.39 is 15.5 Å². The van der Waals surface area contributed by atoms with Crippen molar-refractivity contribution in [3.05, 3.63) is 30.3 Å². The lowest BCUT2D eigenvalue weighted by molar-refractivity contribution is -0.0496. The van der Waals surface area contributed by atoms with Crippen LogP contribution in [0.2, 0.25) is 0 Å². The van der Waals surface area contributed by atoms with Crippen molar-refractivity contribution < 1.29 is 26.3 Å². The fourth-order valence-corrected chi connectivity index (χ4v) is 3.80. The molecule has 2 N–H and O–H groups in total. The summed E-state index contributed by atoms with van der Waals surface area (Å²) in [6, 6.07) is 9.39. The molecule has 0 aromatic heterocycles. The Kier molecular flexibility index (Phi) is 7.93. The van der Waals surface area contributed by atoms with Gasteiger partial charge in [0, 0.05) is 26.7 Å². The van der Waals surface area contributed by atoms with E-state index in [1.165, 1.54) is 0 Å². The lowest BCUT2D eigenvalue weighted by Crippen LogP contribution is -2.47. The molecule has 2 rings (SSSR count). The van der Waals surface area contributed by atoms with Gasteiger partial charge in [-0.15, -0.1) is 0 Å². The largest absolute Gasteiger partial charge is 0.511 e. The Labute approximate surface area is 163 Å². The third-order valence-corrected chi connectivity index (χ3v) is 6.02. The van der Waals surface area contributed by atoms with Crippen LogP contribution < -0.4 is 15.4 Å². The molecule has 1 heterocycles. The van der Waals surface area contributed by atoms with Gasteiger partial charge in [-0.25, -0.2) is 8.42 Å². The predicted octanol–water partition coefficient (Wildman–Crippen LogP) is 1.79. The molecule has 0 atom stereocenters. The number of ether oxygens (including phenoxy) is 1. The minimum absolute atomic E-state index is 0.0683. The average Bonchev–Trinajstić information content (AvgIpc) is 2.67. The third-order valence-electron chi connectivity index (χ3n) is 4.39. The van der Waals surface area contributed by atoms with Crippen LogP contribution in [-0.4, -0.2) is 64.0 Å². The summed E-state index contributed by atoms with van der Waals surface area (Å²) in [6.07, 6.45) is 0.715. The molecule has 0 aliphatic carbocycles. The first-order valence-corrected chi connectivity index (χ1v) is 10.4. The molecule has 1 saturated heterocycles. The molecule has 0 radical (unpaired) electrons. The van der Waals surface area contributed by atoms with Crippen LogP contribution in [0.3, 0.4) is 0 Å². The molecule has 0 bridgehead atoms. The highest BCUT2D eigenvalue weighted by molar-refractivity contribution is 7.90. The minimum atomic E-state index is -5.24. The SMILES string of the molecule is CN=C(NCCOc1ccccc1)NCC1CCN(S(=O)(=O)C(F)(F)F)CC1. The van der Waals surface area contributed by atoms with E-state index in [2.05, 4.69) is 15.6 Å². The van der Waals surface area contributed by atoms with Crippen LogP contribution in [0.1, 0.15) is 12.8 Å². The number of aliphatic imine (C=N–C) groups is 1. The van der Waals surface area contributed by atoms with Gasteiger partial charge in [0.05, 0.1) is 6.54 Å². The fraction of sp³-hybridized carbons (Fsp3) is 0.588. The number of nitrogens with one attached hydrogen (secondary N) is 2. The van der Waals surface area contributed by atoms with E-state index in [4.69, 9.17) is 4.74 Å². The van der Waals surface area contributed by atoms with Gasteiger partial charge in [0.15, 0.2) is 5.96 Å². The smallest absolute Gasteiger partial charge is 0.492 e. The van der Waals surface area contributed by atoms with Gasteiger partial charge in [0.1, 0.15) is 12.4 Å². The zero-order chi connectivity index (χ0) is 20.6. The number of rotatable bonds is 7. The van der Waals surface area contributed by atoms with E-state index in [-0.39, 0.29) is 19.0 Å². The maximum Gasteiger partial charge on any atom is 0.511 e.